The number of ether oxygens (including phenoxy) is 2. The number of carbonyl (C=O) groups excluding carboxylic acids is 1. The number of methoxy groups -OCH3 is 1. The Labute approximate surface area is 159 Å². The van der Waals surface area contributed by atoms with E-state index in [0.717, 1.165) is 12.8 Å². The molecular weight excluding hydrogens is 348 g/mol. The largest absolute Gasteiger partial charge is 0.504 e. The molecule has 5 atom stereocenters. The lowest BCUT2D eigenvalue weighted by atomic mass is 9.49. The molecule has 0 amide bonds. The lowest BCUT2D eigenvalue weighted by Gasteiger charge is -2.52. The molecule has 0 aromatic heterocycles. The Morgan fingerprint density at radius 2 is 2.00 bits per heavy atom. The highest BCUT2D eigenvalue weighted by Crippen LogP contribution is 2.67. The number of rotatable bonds is 3. The second-order valence-corrected chi connectivity index (χ2v) is 9.03. The van der Waals surface area contributed by atoms with Crippen molar-refractivity contribution in [2.75, 3.05) is 13.7 Å². The topological polar surface area (TPSA) is 96.2 Å². The van der Waals surface area contributed by atoms with E-state index in [0.29, 0.717) is 23.1 Å². The van der Waals surface area contributed by atoms with Gasteiger partial charge in [0.1, 0.15) is 17.6 Å². The van der Waals surface area contributed by atoms with E-state index < -0.39 is 17.6 Å². The van der Waals surface area contributed by atoms with E-state index in [1.54, 1.807) is 20.1 Å². The van der Waals surface area contributed by atoms with E-state index in [1.165, 1.54) is 0 Å². The van der Waals surface area contributed by atoms with Crippen molar-refractivity contribution < 1.29 is 29.6 Å². The Hall–Kier alpha value is -1.79. The SMILES string of the molecule is CO[C@H]1c2cc([C@@H](C)CO)c(O)c(O)c2[C@@]23CCCC(C)(C)[C@@H]2[C@@H]1OC3=O. The molecule has 0 spiro atoms. The van der Waals surface area contributed by atoms with Gasteiger partial charge in [-0.05, 0) is 29.9 Å². The number of phenolic OH excluding ortho intramolecular Hbond substituents is 2. The standard InChI is InChI=1S/C21H28O6/c1-10(9-22)11-8-12-13(15(24)14(11)23)21-7-5-6-20(2,3)18(21)17(16(12)26-4)27-19(21)25/h8,10,16-18,22-24H,5-7,9H2,1-4H3/t10-,16-,17+,18-,21-/m0/s1. The number of hydrogen-bond donors (Lipinski definition) is 3. The normalized spacial score (nSPS) is 34.6. The van der Waals surface area contributed by atoms with Crippen molar-refractivity contribution in [3.05, 3.63) is 22.8 Å². The molecule has 1 aromatic rings. The molecule has 2 fully saturated rings. The highest BCUT2D eigenvalue weighted by Gasteiger charge is 2.70. The van der Waals surface area contributed by atoms with Crippen molar-refractivity contribution in [2.45, 2.75) is 63.6 Å². The van der Waals surface area contributed by atoms with Crippen LogP contribution in [0, 0.1) is 11.3 Å². The Morgan fingerprint density at radius 1 is 1.30 bits per heavy atom. The maximum Gasteiger partial charge on any atom is 0.317 e. The van der Waals surface area contributed by atoms with Gasteiger partial charge in [-0.3, -0.25) is 4.79 Å². The number of benzene rings is 1. The van der Waals surface area contributed by atoms with Gasteiger partial charge in [0.2, 0.25) is 0 Å². The number of fused-ring (bicyclic) bond motifs is 1. The molecule has 3 aliphatic rings. The minimum absolute atomic E-state index is 0.130. The summed E-state index contributed by atoms with van der Waals surface area (Å²) in [6, 6.07) is 1.77. The summed E-state index contributed by atoms with van der Waals surface area (Å²) >= 11 is 0. The smallest absolute Gasteiger partial charge is 0.317 e. The van der Waals surface area contributed by atoms with Gasteiger partial charge in [0.25, 0.3) is 0 Å². The third-order valence-corrected chi connectivity index (χ3v) is 7.14. The second-order valence-electron chi connectivity index (χ2n) is 9.03. The average Bonchev–Trinajstić information content (AvgIpc) is 2.87. The van der Waals surface area contributed by atoms with Crippen LogP contribution >= 0.6 is 0 Å². The van der Waals surface area contributed by atoms with Gasteiger partial charge in [-0.25, -0.2) is 0 Å². The van der Waals surface area contributed by atoms with Crippen LogP contribution in [0.5, 0.6) is 11.5 Å². The van der Waals surface area contributed by atoms with Crippen molar-refractivity contribution in [3.8, 4) is 11.5 Å². The van der Waals surface area contributed by atoms with E-state index in [4.69, 9.17) is 9.47 Å². The summed E-state index contributed by atoms with van der Waals surface area (Å²) in [5, 5.41) is 31.3. The summed E-state index contributed by atoms with van der Waals surface area (Å²) in [7, 11) is 1.57. The molecule has 3 N–H and O–H groups in total. The molecule has 1 aliphatic heterocycles. The first-order valence-electron chi connectivity index (χ1n) is 9.64. The molecule has 148 valence electrons. The third kappa shape index (κ3) is 2.17. The predicted octanol–water partition coefficient (Wildman–Crippen LogP) is 2.88. The van der Waals surface area contributed by atoms with Crippen LogP contribution in [0.1, 0.15) is 68.7 Å². The van der Waals surface area contributed by atoms with E-state index in [1.807, 2.05) is 0 Å². The molecule has 4 rings (SSSR count). The van der Waals surface area contributed by atoms with Crippen LogP contribution in [-0.2, 0) is 19.7 Å². The summed E-state index contributed by atoms with van der Waals surface area (Å²) in [5.41, 5.74) is 0.472. The van der Waals surface area contributed by atoms with Gasteiger partial charge in [0, 0.05) is 36.7 Å². The van der Waals surface area contributed by atoms with Crippen molar-refractivity contribution in [1.29, 1.82) is 0 Å². The molecule has 0 radical (unpaired) electrons. The summed E-state index contributed by atoms with van der Waals surface area (Å²) < 4.78 is 11.6. The molecule has 1 aromatic carbocycles. The van der Waals surface area contributed by atoms with E-state index in [-0.39, 0.29) is 41.3 Å². The van der Waals surface area contributed by atoms with Crippen LogP contribution in [0.4, 0.5) is 0 Å². The molecule has 2 aliphatic carbocycles. The van der Waals surface area contributed by atoms with Gasteiger partial charge < -0.3 is 24.8 Å². The van der Waals surface area contributed by atoms with Gasteiger partial charge >= 0.3 is 5.97 Å². The maximum atomic E-state index is 13.2. The van der Waals surface area contributed by atoms with Gasteiger partial charge in [-0.2, -0.15) is 0 Å². The number of hydrogen-bond acceptors (Lipinski definition) is 6. The molecule has 2 bridgehead atoms. The van der Waals surface area contributed by atoms with E-state index in [9.17, 15) is 20.1 Å². The van der Waals surface area contributed by atoms with Crippen molar-refractivity contribution in [3.63, 3.8) is 0 Å². The van der Waals surface area contributed by atoms with Gasteiger partial charge in [0.05, 0.1) is 0 Å². The summed E-state index contributed by atoms with van der Waals surface area (Å²) in [6.45, 7) is 5.88. The first-order valence-corrected chi connectivity index (χ1v) is 9.64. The Bertz CT molecular complexity index is 800. The van der Waals surface area contributed by atoms with E-state index in [2.05, 4.69) is 13.8 Å². The quantitative estimate of drug-likeness (QED) is 0.554. The zero-order valence-corrected chi connectivity index (χ0v) is 16.3. The van der Waals surface area contributed by atoms with Gasteiger partial charge in [-0.1, -0.05) is 27.2 Å². The van der Waals surface area contributed by atoms with Crippen LogP contribution in [-0.4, -0.2) is 41.1 Å². The van der Waals surface area contributed by atoms with Crippen molar-refractivity contribution >= 4 is 5.97 Å². The van der Waals surface area contributed by atoms with Crippen molar-refractivity contribution in [1.82, 2.24) is 0 Å². The van der Waals surface area contributed by atoms with Crippen LogP contribution < -0.4 is 0 Å². The molecule has 6 heteroatoms. The maximum absolute atomic E-state index is 13.2. The first kappa shape index (κ1) is 18.6. The molecule has 1 saturated carbocycles. The highest BCUT2D eigenvalue weighted by molar-refractivity contribution is 5.90. The zero-order chi connectivity index (χ0) is 19.7. The summed E-state index contributed by atoms with van der Waals surface area (Å²) in [5.74, 6) is -1.35. The molecular formula is C21H28O6. The lowest BCUT2D eigenvalue weighted by molar-refractivity contribution is -0.149. The average molecular weight is 376 g/mol. The van der Waals surface area contributed by atoms with Crippen LogP contribution in [0.25, 0.3) is 0 Å². The number of aliphatic hydroxyl groups excluding tert-OH is 1. The molecule has 1 saturated heterocycles. The molecule has 27 heavy (non-hydrogen) atoms. The van der Waals surface area contributed by atoms with Crippen LogP contribution in [0.2, 0.25) is 0 Å². The molecule has 6 nitrogen and oxygen atoms in total. The number of carbonyl (C=O) groups is 1. The molecule has 1 heterocycles. The number of aromatic hydroxyl groups is 2. The lowest BCUT2D eigenvalue weighted by Crippen LogP contribution is -2.54. The Balaban J connectivity index is 2.05. The Kier molecular flexibility index (Phi) is 4.02. The number of esters is 1. The highest BCUT2D eigenvalue weighted by atomic mass is 16.6. The monoisotopic (exact) mass is 376 g/mol. The van der Waals surface area contributed by atoms with Crippen LogP contribution in [0.15, 0.2) is 6.07 Å². The third-order valence-electron chi connectivity index (χ3n) is 7.14. The second kappa shape index (κ2) is 5.85. The first-order chi connectivity index (χ1) is 12.7. The minimum Gasteiger partial charge on any atom is -0.504 e. The van der Waals surface area contributed by atoms with Crippen molar-refractivity contribution in [2.24, 2.45) is 11.3 Å². The van der Waals surface area contributed by atoms with E-state index >= 15 is 0 Å². The fourth-order valence-electron chi connectivity index (χ4n) is 5.98. The zero-order valence-electron chi connectivity index (χ0n) is 16.3. The fraction of sp³-hybridized carbons (Fsp3) is 0.667. The summed E-state index contributed by atoms with van der Waals surface area (Å²) in [6.07, 6.45) is 1.45. The van der Waals surface area contributed by atoms with Gasteiger partial charge in [-0.15, -0.1) is 0 Å². The number of aliphatic hydroxyl groups is 1. The van der Waals surface area contributed by atoms with Gasteiger partial charge in [0.15, 0.2) is 11.5 Å². The number of phenols is 2. The summed E-state index contributed by atoms with van der Waals surface area (Å²) in [4.78, 5) is 13.2. The Morgan fingerprint density at radius 3 is 2.63 bits per heavy atom. The molecule has 0 unspecified atom stereocenters. The fourth-order valence-corrected chi connectivity index (χ4v) is 5.98. The van der Waals surface area contributed by atoms with Crippen LogP contribution in [0.3, 0.4) is 0 Å². The predicted molar refractivity (Wildman–Crippen MR) is 97.7 cm³/mol. The minimum atomic E-state index is -0.959.